The van der Waals surface area contributed by atoms with E-state index in [1.54, 1.807) is 11.0 Å². The van der Waals surface area contributed by atoms with Crippen LogP contribution in [-0.2, 0) is 14.3 Å². The number of carbonyl (C=O) groups is 2. The molecule has 0 spiro atoms. The maximum atomic E-state index is 12.9. The molecule has 2 saturated heterocycles. The van der Waals surface area contributed by atoms with Crippen molar-refractivity contribution in [3.63, 3.8) is 0 Å². The van der Waals surface area contributed by atoms with Crippen LogP contribution in [0, 0.1) is 12.8 Å². The van der Waals surface area contributed by atoms with Crippen molar-refractivity contribution in [3.05, 3.63) is 53.0 Å². The minimum absolute atomic E-state index is 0.0806. The van der Waals surface area contributed by atoms with Gasteiger partial charge in [0.1, 0.15) is 10.1 Å². The Kier molecular flexibility index (Phi) is 7.14. The molecular weight excluding hydrogens is 454 g/mol. The SMILES string of the molecule is C=CCN1C(=O)/C(=C/c2cc3cc(C)ccc3nc2N2CCC(C(=O)OCC)CC2)SC1=S. The van der Waals surface area contributed by atoms with Crippen LogP contribution in [0.4, 0.5) is 5.82 Å². The minimum atomic E-state index is -0.120. The van der Waals surface area contributed by atoms with Crippen molar-refractivity contribution in [2.24, 2.45) is 5.92 Å². The zero-order valence-corrected chi connectivity index (χ0v) is 20.5. The summed E-state index contributed by atoms with van der Waals surface area (Å²) in [6, 6.07) is 8.25. The highest BCUT2D eigenvalue weighted by Gasteiger charge is 2.32. The molecule has 8 heteroatoms. The van der Waals surface area contributed by atoms with Gasteiger partial charge < -0.3 is 9.64 Å². The number of nitrogens with zero attached hydrogens (tertiary/aromatic N) is 3. The molecule has 4 rings (SSSR count). The molecule has 0 radical (unpaired) electrons. The lowest BCUT2D eigenvalue weighted by Gasteiger charge is -2.32. The molecule has 33 heavy (non-hydrogen) atoms. The Morgan fingerprint density at radius 3 is 2.79 bits per heavy atom. The molecule has 3 heterocycles. The first-order valence-corrected chi connectivity index (χ1v) is 12.3. The molecule has 1 aromatic carbocycles. The zero-order valence-electron chi connectivity index (χ0n) is 18.9. The summed E-state index contributed by atoms with van der Waals surface area (Å²) in [7, 11) is 0. The third-order valence-electron chi connectivity index (χ3n) is 5.86. The fourth-order valence-corrected chi connectivity index (χ4v) is 5.44. The van der Waals surface area contributed by atoms with E-state index in [1.165, 1.54) is 11.8 Å². The van der Waals surface area contributed by atoms with Crippen LogP contribution in [0.3, 0.4) is 0 Å². The van der Waals surface area contributed by atoms with Crippen molar-refractivity contribution in [1.29, 1.82) is 0 Å². The maximum Gasteiger partial charge on any atom is 0.309 e. The van der Waals surface area contributed by atoms with Crippen molar-refractivity contribution in [2.75, 3.05) is 31.1 Å². The number of benzene rings is 1. The van der Waals surface area contributed by atoms with Crippen LogP contribution in [0.1, 0.15) is 30.9 Å². The van der Waals surface area contributed by atoms with Gasteiger partial charge in [-0.3, -0.25) is 14.5 Å². The van der Waals surface area contributed by atoms with E-state index in [0.717, 1.165) is 27.8 Å². The topological polar surface area (TPSA) is 62.7 Å². The van der Waals surface area contributed by atoms with E-state index >= 15 is 0 Å². The summed E-state index contributed by atoms with van der Waals surface area (Å²) in [5.74, 6) is 0.511. The minimum Gasteiger partial charge on any atom is -0.466 e. The molecule has 2 fully saturated rings. The molecule has 1 aromatic heterocycles. The van der Waals surface area contributed by atoms with E-state index in [0.29, 0.717) is 48.3 Å². The first kappa shape index (κ1) is 23.4. The fraction of sp³-hybridized carbons (Fsp3) is 0.360. The van der Waals surface area contributed by atoms with E-state index in [9.17, 15) is 9.59 Å². The number of carbonyl (C=O) groups excluding carboxylic acids is 2. The molecule has 0 unspecified atom stereocenters. The smallest absolute Gasteiger partial charge is 0.309 e. The van der Waals surface area contributed by atoms with Crippen molar-refractivity contribution in [3.8, 4) is 0 Å². The van der Waals surface area contributed by atoms with Crippen molar-refractivity contribution < 1.29 is 14.3 Å². The Balaban J connectivity index is 1.69. The number of rotatable bonds is 6. The van der Waals surface area contributed by atoms with Gasteiger partial charge in [0.05, 0.1) is 22.9 Å². The summed E-state index contributed by atoms with van der Waals surface area (Å²) >= 11 is 6.70. The summed E-state index contributed by atoms with van der Waals surface area (Å²) in [6.45, 7) is 9.80. The van der Waals surface area contributed by atoms with Gasteiger partial charge in [0.2, 0.25) is 0 Å². The number of amides is 1. The number of fused-ring (bicyclic) bond motifs is 1. The molecule has 2 aliphatic rings. The lowest BCUT2D eigenvalue weighted by Crippen LogP contribution is -2.37. The lowest BCUT2D eigenvalue weighted by atomic mass is 9.96. The summed E-state index contributed by atoms with van der Waals surface area (Å²) < 4.78 is 5.74. The highest BCUT2D eigenvalue weighted by atomic mass is 32.2. The Morgan fingerprint density at radius 1 is 1.33 bits per heavy atom. The van der Waals surface area contributed by atoms with E-state index in [4.69, 9.17) is 21.9 Å². The number of ether oxygens (including phenoxy) is 1. The maximum absolute atomic E-state index is 12.9. The summed E-state index contributed by atoms with van der Waals surface area (Å²) in [4.78, 5) is 34.4. The summed E-state index contributed by atoms with van der Waals surface area (Å²) in [5.41, 5.74) is 2.93. The van der Waals surface area contributed by atoms with Crippen molar-refractivity contribution in [2.45, 2.75) is 26.7 Å². The number of hydrogen-bond donors (Lipinski definition) is 0. The predicted octanol–water partition coefficient (Wildman–Crippen LogP) is 4.71. The van der Waals surface area contributed by atoms with Crippen LogP contribution in [-0.4, -0.2) is 52.3 Å². The largest absolute Gasteiger partial charge is 0.466 e. The normalized spacial score (nSPS) is 18.4. The second-order valence-corrected chi connectivity index (χ2v) is 9.87. The Labute approximate surface area is 203 Å². The average Bonchev–Trinajstić information content (AvgIpc) is 3.06. The second-order valence-electron chi connectivity index (χ2n) is 8.19. The predicted molar refractivity (Wildman–Crippen MR) is 138 cm³/mol. The molecule has 0 aliphatic carbocycles. The van der Waals surface area contributed by atoms with E-state index in [2.05, 4.69) is 23.6 Å². The van der Waals surface area contributed by atoms with Gasteiger partial charge >= 0.3 is 5.97 Å². The highest BCUT2D eigenvalue weighted by Crippen LogP contribution is 2.36. The number of anilines is 1. The molecule has 0 bridgehead atoms. The van der Waals surface area contributed by atoms with Crippen molar-refractivity contribution >= 4 is 63.0 Å². The molecular formula is C25H27N3O3S2. The Morgan fingerprint density at radius 2 is 2.09 bits per heavy atom. The molecule has 2 aliphatic heterocycles. The molecule has 0 atom stereocenters. The molecule has 1 amide bonds. The number of aryl methyl sites for hydroxylation is 1. The third-order valence-corrected chi connectivity index (χ3v) is 7.24. The van der Waals surface area contributed by atoms with Gasteiger partial charge in [-0.15, -0.1) is 6.58 Å². The van der Waals surface area contributed by atoms with Gasteiger partial charge in [0.25, 0.3) is 5.91 Å². The monoisotopic (exact) mass is 481 g/mol. The van der Waals surface area contributed by atoms with Crippen LogP contribution in [0.15, 0.2) is 41.8 Å². The lowest BCUT2D eigenvalue weighted by molar-refractivity contribution is -0.148. The van der Waals surface area contributed by atoms with E-state index < -0.39 is 0 Å². The summed E-state index contributed by atoms with van der Waals surface area (Å²) in [6.07, 6.45) is 5.00. The Hall–Kier alpha value is -2.71. The number of piperidine rings is 1. The summed E-state index contributed by atoms with van der Waals surface area (Å²) in [5, 5.41) is 1.02. The molecule has 0 saturated carbocycles. The fourth-order valence-electron chi connectivity index (χ4n) is 4.18. The van der Waals surface area contributed by atoms with Gasteiger partial charge in [0, 0.05) is 30.6 Å². The number of pyridine rings is 1. The van der Waals surface area contributed by atoms with Gasteiger partial charge in [0.15, 0.2) is 0 Å². The highest BCUT2D eigenvalue weighted by molar-refractivity contribution is 8.26. The molecule has 6 nitrogen and oxygen atoms in total. The van der Waals surface area contributed by atoms with Crippen molar-refractivity contribution in [1.82, 2.24) is 9.88 Å². The van der Waals surface area contributed by atoms with Gasteiger partial charge in [-0.1, -0.05) is 41.7 Å². The van der Waals surface area contributed by atoms with Gasteiger partial charge in [-0.05, 0) is 51.0 Å². The zero-order chi connectivity index (χ0) is 23.5. The number of hydrogen-bond acceptors (Lipinski definition) is 7. The third kappa shape index (κ3) is 4.96. The van der Waals surface area contributed by atoms with Crippen LogP contribution >= 0.6 is 24.0 Å². The second kappa shape index (κ2) is 10.1. The first-order chi connectivity index (χ1) is 15.9. The quantitative estimate of drug-likeness (QED) is 0.256. The van der Waals surface area contributed by atoms with E-state index in [-0.39, 0.29) is 17.8 Å². The van der Waals surface area contributed by atoms with Crippen LogP contribution in [0.2, 0.25) is 0 Å². The van der Waals surface area contributed by atoms with Crippen LogP contribution in [0.25, 0.3) is 17.0 Å². The van der Waals surface area contributed by atoms with E-state index in [1.807, 2.05) is 32.1 Å². The first-order valence-electron chi connectivity index (χ1n) is 11.1. The number of thiocarbonyl (C=S) groups is 1. The molecule has 2 aromatic rings. The number of aromatic nitrogens is 1. The van der Waals surface area contributed by atoms with Crippen LogP contribution in [0.5, 0.6) is 0 Å². The number of thioether (sulfide) groups is 1. The van der Waals surface area contributed by atoms with Crippen LogP contribution < -0.4 is 4.90 Å². The van der Waals surface area contributed by atoms with Gasteiger partial charge in [-0.25, -0.2) is 4.98 Å². The molecule has 0 N–H and O–H groups in total. The van der Waals surface area contributed by atoms with Gasteiger partial charge in [-0.2, -0.15) is 0 Å². The molecule has 172 valence electrons. The number of esters is 1. The average molecular weight is 482 g/mol. The Bertz CT molecular complexity index is 1150. The standard InChI is InChI=1S/C25H27N3O3S2/c1-4-10-28-23(29)21(33-25(28)32)15-19-14-18-13-16(3)6-7-20(18)26-22(19)27-11-8-17(9-12-27)24(30)31-5-2/h4,6-7,13-15,17H,1,5,8-12H2,2-3H3/b21-15-.